The molecular weight excluding hydrogens is 488 g/mol. The fourth-order valence-electron chi connectivity index (χ4n) is 4.29. The monoisotopic (exact) mass is 520 g/mol. The van der Waals surface area contributed by atoms with Crippen molar-refractivity contribution in [2.45, 2.75) is 13.8 Å². The summed E-state index contributed by atoms with van der Waals surface area (Å²) in [5.74, 6) is -0.530. The van der Waals surface area contributed by atoms with Gasteiger partial charge in [-0.1, -0.05) is 48.5 Å². The minimum atomic E-state index is -0.272. The van der Waals surface area contributed by atoms with E-state index in [9.17, 15) is 14.4 Å². The second kappa shape index (κ2) is 13.1. The summed E-state index contributed by atoms with van der Waals surface area (Å²) in [4.78, 5) is 42.4. The van der Waals surface area contributed by atoms with Crippen LogP contribution in [0.2, 0.25) is 0 Å². The lowest BCUT2D eigenvalue weighted by molar-refractivity contribution is -0.114. The first-order chi connectivity index (χ1) is 19.0. The minimum absolute atomic E-state index is 0.00288. The van der Waals surface area contributed by atoms with Crippen molar-refractivity contribution in [1.29, 1.82) is 0 Å². The first kappa shape index (κ1) is 27.1. The van der Waals surface area contributed by atoms with E-state index in [2.05, 4.69) is 10.6 Å². The highest BCUT2D eigenvalue weighted by Gasteiger charge is 2.18. The summed E-state index contributed by atoms with van der Waals surface area (Å²) >= 11 is 0. The summed E-state index contributed by atoms with van der Waals surface area (Å²) in [6.45, 7) is 4.91. The molecule has 2 N–H and O–H groups in total. The molecule has 39 heavy (non-hydrogen) atoms. The van der Waals surface area contributed by atoms with Crippen LogP contribution in [0.3, 0.4) is 0 Å². The number of benzene rings is 4. The Bertz CT molecular complexity index is 1420. The summed E-state index contributed by atoms with van der Waals surface area (Å²) in [7, 11) is 0. The number of hydrogen-bond donors (Lipinski definition) is 2. The van der Waals surface area contributed by atoms with E-state index in [-0.39, 0.29) is 24.3 Å². The average molecular weight is 521 g/mol. The van der Waals surface area contributed by atoms with Crippen LogP contribution in [-0.4, -0.2) is 37.4 Å². The van der Waals surface area contributed by atoms with Crippen LogP contribution in [0.25, 0.3) is 0 Å². The van der Waals surface area contributed by atoms with Gasteiger partial charge in [0, 0.05) is 47.0 Å². The molecule has 0 heterocycles. The quantitative estimate of drug-likeness (QED) is 0.266. The molecule has 3 amide bonds. The zero-order valence-electron chi connectivity index (χ0n) is 22.1. The summed E-state index contributed by atoms with van der Waals surface area (Å²) in [5.41, 5.74) is 3.84. The van der Waals surface area contributed by atoms with E-state index >= 15 is 0 Å². The zero-order chi connectivity index (χ0) is 27.6. The predicted molar refractivity (Wildman–Crippen MR) is 158 cm³/mol. The summed E-state index contributed by atoms with van der Waals surface area (Å²) in [6.07, 6.45) is 0. The van der Waals surface area contributed by atoms with E-state index in [0.717, 1.165) is 11.4 Å². The Labute approximate surface area is 229 Å². The van der Waals surface area contributed by atoms with Crippen molar-refractivity contribution < 1.29 is 14.4 Å². The zero-order valence-corrected chi connectivity index (χ0v) is 22.1. The second-order valence-corrected chi connectivity index (χ2v) is 8.83. The standard InChI is InChI=1S/C32H32N4O3/c1-3-35(28-17-7-5-8-18-28)31(38)24-13-11-15-26(21-24)33-23-30(37)34-27-16-12-14-25(22-27)32(39)36(4-2)29-19-9-6-10-20-29/h5-22,33H,3-4,23H2,1-2H3,(H,34,37). The maximum absolute atomic E-state index is 13.1. The van der Waals surface area contributed by atoms with Gasteiger partial charge in [0.05, 0.1) is 6.54 Å². The molecule has 0 aliphatic heterocycles. The van der Waals surface area contributed by atoms with Crippen LogP contribution < -0.4 is 20.4 Å². The number of nitrogens with zero attached hydrogens (tertiary/aromatic N) is 2. The fraction of sp³-hybridized carbons (Fsp3) is 0.156. The van der Waals surface area contributed by atoms with Crippen LogP contribution in [0.4, 0.5) is 22.7 Å². The molecule has 7 nitrogen and oxygen atoms in total. The van der Waals surface area contributed by atoms with E-state index in [1.54, 1.807) is 52.3 Å². The van der Waals surface area contributed by atoms with Gasteiger partial charge in [0.1, 0.15) is 0 Å². The molecule has 0 saturated carbocycles. The van der Waals surface area contributed by atoms with Gasteiger partial charge in [-0.25, -0.2) is 0 Å². The van der Waals surface area contributed by atoms with E-state index in [1.165, 1.54) is 0 Å². The van der Waals surface area contributed by atoms with Crippen LogP contribution in [-0.2, 0) is 4.79 Å². The first-order valence-corrected chi connectivity index (χ1v) is 13.0. The maximum Gasteiger partial charge on any atom is 0.258 e. The van der Waals surface area contributed by atoms with Crippen molar-refractivity contribution in [1.82, 2.24) is 0 Å². The lowest BCUT2D eigenvalue weighted by Gasteiger charge is -2.21. The van der Waals surface area contributed by atoms with Gasteiger partial charge < -0.3 is 20.4 Å². The van der Waals surface area contributed by atoms with Gasteiger partial charge in [0.15, 0.2) is 0 Å². The molecule has 0 radical (unpaired) electrons. The Morgan fingerprint density at radius 3 is 1.54 bits per heavy atom. The normalized spacial score (nSPS) is 10.4. The predicted octanol–water partition coefficient (Wildman–Crippen LogP) is 6.07. The fourth-order valence-corrected chi connectivity index (χ4v) is 4.29. The van der Waals surface area contributed by atoms with Crippen LogP contribution in [0.5, 0.6) is 0 Å². The molecule has 0 unspecified atom stereocenters. The Balaban J connectivity index is 1.38. The molecule has 0 bridgehead atoms. The van der Waals surface area contributed by atoms with Crippen LogP contribution >= 0.6 is 0 Å². The molecule has 0 aliphatic carbocycles. The molecular formula is C32H32N4O3. The van der Waals surface area contributed by atoms with Gasteiger partial charge >= 0.3 is 0 Å². The highest BCUT2D eigenvalue weighted by molar-refractivity contribution is 6.07. The van der Waals surface area contributed by atoms with Crippen LogP contribution in [0.15, 0.2) is 109 Å². The third-order valence-corrected chi connectivity index (χ3v) is 6.21. The van der Waals surface area contributed by atoms with Gasteiger partial charge in [0.25, 0.3) is 11.8 Å². The van der Waals surface area contributed by atoms with E-state index in [1.807, 2.05) is 80.6 Å². The van der Waals surface area contributed by atoms with E-state index in [4.69, 9.17) is 0 Å². The maximum atomic E-state index is 13.1. The van der Waals surface area contributed by atoms with Crippen molar-refractivity contribution in [3.05, 3.63) is 120 Å². The van der Waals surface area contributed by atoms with Gasteiger partial charge in [-0.15, -0.1) is 0 Å². The number of carbonyl (C=O) groups is 3. The molecule has 4 aromatic carbocycles. The number of nitrogens with one attached hydrogen (secondary N) is 2. The minimum Gasteiger partial charge on any atom is -0.376 e. The molecule has 0 aliphatic rings. The molecule has 0 aromatic heterocycles. The Morgan fingerprint density at radius 1 is 0.590 bits per heavy atom. The second-order valence-electron chi connectivity index (χ2n) is 8.83. The Kier molecular flexibility index (Phi) is 9.08. The Morgan fingerprint density at radius 2 is 1.05 bits per heavy atom. The molecule has 0 atom stereocenters. The lowest BCUT2D eigenvalue weighted by atomic mass is 10.1. The average Bonchev–Trinajstić information content (AvgIpc) is 2.98. The lowest BCUT2D eigenvalue weighted by Crippen LogP contribution is -2.30. The third-order valence-electron chi connectivity index (χ3n) is 6.21. The van der Waals surface area contributed by atoms with Crippen molar-refractivity contribution in [2.24, 2.45) is 0 Å². The summed E-state index contributed by atoms with van der Waals surface area (Å²) in [6, 6.07) is 33.0. The molecule has 4 aromatic rings. The number of amides is 3. The molecule has 4 rings (SSSR count). The molecule has 0 fully saturated rings. The van der Waals surface area contributed by atoms with E-state index < -0.39 is 0 Å². The Hall–Kier alpha value is -4.91. The smallest absolute Gasteiger partial charge is 0.258 e. The highest BCUT2D eigenvalue weighted by atomic mass is 16.2. The molecule has 198 valence electrons. The first-order valence-electron chi connectivity index (χ1n) is 13.0. The van der Waals surface area contributed by atoms with Crippen LogP contribution in [0.1, 0.15) is 34.6 Å². The highest BCUT2D eigenvalue weighted by Crippen LogP contribution is 2.20. The van der Waals surface area contributed by atoms with E-state index in [0.29, 0.717) is 35.6 Å². The van der Waals surface area contributed by atoms with Gasteiger partial charge in [-0.3, -0.25) is 14.4 Å². The summed E-state index contributed by atoms with van der Waals surface area (Å²) in [5, 5.41) is 5.93. The largest absolute Gasteiger partial charge is 0.376 e. The van der Waals surface area contributed by atoms with Gasteiger partial charge in [-0.2, -0.15) is 0 Å². The molecule has 7 heteroatoms. The van der Waals surface area contributed by atoms with Crippen molar-refractivity contribution in [2.75, 3.05) is 40.1 Å². The van der Waals surface area contributed by atoms with Crippen LogP contribution in [0, 0.1) is 0 Å². The number of rotatable bonds is 10. The number of anilines is 4. The number of para-hydroxylation sites is 2. The SMILES string of the molecule is CCN(C(=O)c1cccc(NCC(=O)Nc2cccc(C(=O)N(CC)c3ccccc3)c2)c1)c1ccccc1. The van der Waals surface area contributed by atoms with Gasteiger partial charge in [-0.05, 0) is 74.5 Å². The summed E-state index contributed by atoms with van der Waals surface area (Å²) < 4.78 is 0. The molecule has 0 saturated heterocycles. The van der Waals surface area contributed by atoms with Crippen molar-refractivity contribution in [3.63, 3.8) is 0 Å². The van der Waals surface area contributed by atoms with Gasteiger partial charge in [0.2, 0.25) is 5.91 Å². The van der Waals surface area contributed by atoms with Crippen molar-refractivity contribution >= 4 is 40.5 Å². The topological polar surface area (TPSA) is 81.8 Å². The third kappa shape index (κ3) is 6.90. The number of hydrogen-bond acceptors (Lipinski definition) is 4. The molecule has 0 spiro atoms. The number of carbonyl (C=O) groups excluding carboxylic acids is 3. The van der Waals surface area contributed by atoms with Crippen molar-refractivity contribution in [3.8, 4) is 0 Å².